The molecular weight excluding hydrogens is 323 g/mol. The highest BCUT2D eigenvalue weighted by Crippen LogP contribution is 2.25. The summed E-state index contributed by atoms with van der Waals surface area (Å²) in [6.07, 6.45) is 1.17. The third kappa shape index (κ3) is 6.67. The summed E-state index contributed by atoms with van der Waals surface area (Å²) in [5.41, 5.74) is 0.597. The van der Waals surface area contributed by atoms with Crippen LogP contribution >= 0.6 is 23.2 Å². The highest BCUT2D eigenvalue weighted by molar-refractivity contribution is 6.35. The number of hydrogen-bond acceptors (Lipinski definition) is 2. The lowest BCUT2D eigenvalue weighted by Crippen LogP contribution is -2.34. The molecule has 1 rings (SSSR count). The minimum absolute atomic E-state index is 0.0694. The molecule has 0 heterocycles. The normalized spacial score (nSPS) is 10.6. The van der Waals surface area contributed by atoms with Crippen LogP contribution in [-0.4, -0.2) is 24.9 Å². The van der Waals surface area contributed by atoms with Crippen molar-refractivity contribution in [2.45, 2.75) is 33.6 Å². The maximum atomic E-state index is 11.8. The number of nitrogens with zero attached hydrogens (tertiary/aromatic N) is 1. The van der Waals surface area contributed by atoms with Gasteiger partial charge in [-0.25, -0.2) is 0 Å². The molecule has 22 heavy (non-hydrogen) atoms. The molecule has 0 saturated carbocycles. The molecule has 1 aromatic carbocycles. The van der Waals surface area contributed by atoms with Gasteiger partial charge in [-0.3, -0.25) is 9.59 Å². The zero-order chi connectivity index (χ0) is 16.7. The third-order valence-electron chi connectivity index (χ3n) is 3.15. The zero-order valence-corrected chi connectivity index (χ0v) is 14.7. The minimum Gasteiger partial charge on any atom is -0.356 e. The van der Waals surface area contributed by atoms with E-state index >= 15 is 0 Å². The van der Waals surface area contributed by atoms with E-state index in [1.807, 2.05) is 0 Å². The van der Waals surface area contributed by atoms with Gasteiger partial charge in [0, 0.05) is 42.2 Å². The topological polar surface area (TPSA) is 49.4 Å². The number of carbonyl (C=O) groups is 2. The molecule has 6 heteroatoms. The highest BCUT2D eigenvalue weighted by atomic mass is 35.5. The lowest BCUT2D eigenvalue weighted by atomic mass is 10.1. The largest absolute Gasteiger partial charge is 0.356 e. The molecule has 0 radical (unpaired) electrons. The second kappa shape index (κ2) is 9.01. The first-order valence-corrected chi connectivity index (χ1v) is 8.06. The number of benzene rings is 1. The molecule has 0 bridgehead atoms. The summed E-state index contributed by atoms with van der Waals surface area (Å²) in [5.74, 6) is 0.316. The molecule has 0 spiro atoms. The van der Waals surface area contributed by atoms with E-state index < -0.39 is 0 Å². The van der Waals surface area contributed by atoms with Crippen LogP contribution in [0.1, 0.15) is 33.6 Å². The Bertz CT molecular complexity index is 513. The fourth-order valence-corrected chi connectivity index (χ4v) is 2.48. The van der Waals surface area contributed by atoms with Crippen LogP contribution in [0.2, 0.25) is 10.0 Å². The average Bonchev–Trinajstić information content (AvgIpc) is 2.36. The van der Waals surface area contributed by atoms with Gasteiger partial charge in [0.15, 0.2) is 0 Å². The summed E-state index contributed by atoms with van der Waals surface area (Å²) in [4.78, 5) is 25.1. The van der Waals surface area contributed by atoms with Crippen LogP contribution in [0.25, 0.3) is 0 Å². The smallest absolute Gasteiger partial charge is 0.223 e. The molecule has 2 amide bonds. The van der Waals surface area contributed by atoms with E-state index in [0.717, 1.165) is 6.42 Å². The van der Waals surface area contributed by atoms with Gasteiger partial charge < -0.3 is 10.2 Å². The minimum atomic E-state index is -0.159. The number of hydrogen-bond donors (Lipinski definition) is 1. The molecule has 0 aliphatic carbocycles. The Kier molecular flexibility index (Phi) is 7.69. The van der Waals surface area contributed by atoms with Crippen molar-refractivity contribution in [3.8, 4) is 0 Å². The van der Waals surface area contributed by atoms with Crippen LogP contribution in [0.5, 0.6) is 0 Å². The van der Waals surface area contributed by atoms with Crippen molar-refractivity contribution >= 4 is 40.7 Å². The summed E-state index contributed by atoms with van der Waals surface area (Å²) in [7, 11) is 0. The Morgan fingerprint density at radius 3 is 2.27 bits per heavy atom. The molecule has 0 aromatic heterocycles. The van der Waals surface area contributed by atoms with E-state index in [1.54, 1.807) is 18.2 Å². The van der Waals surface area contributed by atoms with Gasteiger partial charge in [0.25, 0.3) is 0 Å². The quantitative estimate of drug-likeness (QED) is 0.815. The molecular formula is C16H22Cl2N2O2. The van der Waals surface area contributed by atoms with Crippen molar-refractivity contribution in [1.82, 2.24) is 5.32 Å². The van der Waals surface area contributed by atoms with E-state index in [9.17, 15) is 9.59 Å². The Hall–Kier alpha value is -1.26. The predicted octanol–water partition coefficient (Wildman–Crippen LogP) is 3.90. The van der Waals surface area contributed by atoms with Gasteiger partial charge in [-0.2, -0.15) is 0 Å². The number of anilines is 1. The van der Waals surface area contributed by atoms with E-state index in [0.29, 0.717) is 34.7 Å². The monoisotopic (exact) mass is 344 g/mol. The van der Waals surface area contributed by atoms with Gasteiger partial charge in [-0.05, 0) is 30.5 Å². The Balaban J connectivity index is 2.62. The molecule has 1 aromatic rings. The SMILES string of the molecule is CC(=O)N(CCC(=O)NCCC(C)C)c1cc(Cl)cc(Cl)c1. The van der Waals surface area contributed by atoms with Gasteiger partial charge in [-0.15, -0.1) is 0 Å². The zero-order valence-electron chi connectivity index (χ0n) is 13.2. The average molecular weight is 345 g/mol. The number of rotatable bonds is 7. The van der Waals surface area contributed by atoms with Gasteiger partial charge in [0.05, 0.1) is 0 Å². The highest BCUT2D eigenvalue weighted by Gasteiger charge is 2.14. The van der Waals surface area contributed by atoms with E-state index in [4.69, 9.17) is 23.2 Å². The van der Waals surface area contributed by atoms with Gasteiger partial charge in [0.1, 0.15) is 0 Å². The van der Waals surface area contributed by atoms with Crippen molar-refractivity contribution in [2.24, 2.45) is 5.92 Å². The summed E-state index contributed by atoms with van der Waals surface area (Å²) >= 11 is 11.9. The van der Waals surface area contributed by atoms with Crippen LogP contribution in [0.4, 0.5) is 5.69 Å². The molecule has 4 nitrogen and oxygen atoms in total. The lowest BCUT2D eigenvalue weighted by Gasteiger charge is -2.21. The Morgan fingerprint density at radius 2 is 1.77 bits per heavy atom. The second-order valence-electron chi connectivity index (χ2n) is 5.58. The van der Waals surface area contributed by atoms with Crippen LogP contribution in [0, 0.1) is 5.92 Å². The maximum absolute atomic E-state index is 11.8. The molecule has 0 fully saturated rings. The van der Waals surface area contributed by atoms with Crippen LogP contribution in [-0.2, 0) is 9.59 Å². The van der Waals surface area contributed by atoms with Gasteiger partial charge in [0.2, 0.25) is 11.8 Å². The summed E-state index contributed by atoms with van der Waals surface area (Å²) in [6.45, 7) is 6.60. The first-order valence-electron chi connectivity index (χ1n) is 7.30. The van der Waals surface area contributed by atoms with Gasteiger partial charge >= 0.3 is 0 Å². The van der Waals surface area contributed by atoms with E-state index in [-0.39, 0.29) is 18.2 Å². The molecule has 0 aliphatic rings. The van der Waals surface area contributed by atoms with Crippen molar-refractivity contribution in [2.75, 3.05) is 18.0 Å². The van der Waals surface area contributed by atoms with Crippen molar-refractivity contribution in [3.63, 3.8) is 0 Å². The molecule has 0 unspecified atom stereocenters. The molecule has 0 aliphatic heterocycles. The van der Waals surface area contributed by atoms with Crippen molar-refractivity contribution < 1.29 is 9.59 Å². The maximum Gasteiger partial charge on any atom is 0.223 e. The third-order valence-corrected chi connectivity index (χ3v) is 3.58. The molecule has 0 saturated heterocycles. The van der Waals surface area contributed by atoms with E-state index in [1.165, 1.54) is 11.8 Å². The Labute approximate surface area is 141 Å². The number of amides is 2. The summed E-state index contributed by atoms with van der Waals surface area (Å²) in [5, 5.41) is 3.76. The fourth-order valence-electron chi connectivity index (χ4n) is 1.97. The Morgan fingerprint density at radius 1 is 1.18 bits per heavy atom. The number of halogens is 2. The molecule has 1 N–H and O–H groups in total. The van der Waals surface area contributed by atoms with Crippen molar-refractivity contribution in [3.05, 3.63) is 28.2 Å². The van der Waals surface area contributed by atoms with Gasteiger partial charge in [-0.1, -0.05) is 37.0 Å². The predicted molar refractivity (Wildman–Crippen MR) is 91.6 cm³/mol. The number of carbonyl (C=O) groups excluding carboxylic acids is 2. The first-order chi connectivity index (χ1) is 10.3. The van der Waals surface area contributed by atoms with Crippen LogP contribution < -0.4 is 10.2 Å². The standard InChI is InChI=1S/C16H22Cl2N2O2/c1-11(2)4-6-19-16(22)5-7-20(12(3)21)15-9-13(17)8-14(18)10-15/h8-11H,4-7H2,1-3H3,(H,19,22). The molecule has 122 valence electrons. The number of nitrogens with one attached hydrogen (secondary N) is 1. The summed E-state index contributed by atoms with van der Waals surface area (Å²) < 4.78 is 0. The van der Waals surface area contributed by atoms with Crippen LogP contribution in [0.15, 0.2) is 18.2 Å². The lowest BCUT2D eigenvalue weighted by molar-refractivity contribution is -0.121. The van der Waals surface area contributed by atoms with Crippen molar-refractivity contribution in [1.29, 1.82) is 0 Å². The molecule has 0 atom stereocenters. The van der Waals surface area contributed by atoms with Crippen LogP contribution in [0.3, 0.4) is 0 Å². The first kappa shape index (κ1) is 18.8. The second-order valence-corrected chi connectivity index (χ2v) is 6.45. The summed E-state index contributed by atoms with van der Waals surface area (Å²) in [6, 6.07) is 4.92. The fraction of sp³-hybridized carbons (Fsp3) is 0.500. The van der Waals surface area contributed by atoms with E-state index in [2.05, 4.69) is 19.2 Å².